The second kappa shape index (κ2) is 6.87. The van der Waals surface area contributed by atoms with Crippen LogP contribution in [-0.4, -0.2) is 14.5 Å². The Kier molecular flexibility index (Phi) is 5.76. The van der Waals surface area contributed by atoms with Crippen LogP contribution in [0.2, 0.25) is 0 Å². The molecule has 1 unspecified atom stereocenters. The Morgan fingerprint density at radius 2 is 1.84 bits per heavy atom. The molecule has 3 nitrogen and oxygen atoms in total. The van der Waals surface area contributed by atoms with Crippen molar-refractivity contribution in [3.05, 3.63) is 42.5 Å². The summed E-state index contributed by atoms with van der Waals surface area (Å²) in [5, 5.41) is 0. The third-order valence-electron chi connectivity index (χ3n) is 3.12. The molecule has 0 radical (unpaired) electrons. The van der Waals surface area contributed by atoms with Crippen LogP contribution < -0.4 is 4.72 Å². The second-order valence-corrected chi connectivity index (χ2v) is 6.86. The maximum atomic E-state index is 12.3. The number of benzene rings is 1. The van der Waals surface area contributed by atoms with Gasteiger partial charge < -0.3 is 0 Å². The molecule has 1 rings (SSSR count). The zero-order chi connectivity index (χ0) is 14.5. The van der Waals surface area contributed by atoms with Crippen LogP contribution in [0.5, 0.6) is 0 Å². The van der Waals surface area contributed by atoms with Crippen molar-refractivity contribution >= 4 is 10.0 Å². The van der Waals surface area contributed by atoms with Crippen molar-refractivity contribution in [2.75, 3.05) is 0 Å². The average molecular weight is 281 g/mol. The molecular formula is C15H23NO2S. The van der Waals surface area contributed by atoms with Crippen molar-refractivity contribution in [3.63, 3.8) is 0 Å². The lowest BCUT2D eigenvalue weighted by molar-refractivity contribution is 0.426. The lowest BCUT2D eigenvalue weighted by atomic mass is 10.0. The number of sulfonamides is 1. The highest BCUT2D eigenvalue weighted by Crippen LogP contribution is 2.15. The Bertz CT molecular complexity index is 503. The Hall–Kier alpha value is -1.13. The van der Waals surface area contributed by atoms with Crippen LogP contribution in [0.3, 0.4) is 0 Å². The normalized spacial score (nSPS) is 13.5. The zero-order valence-electron chi connectivity index (χ0n) is 11.9. The maximum absolute atomic E-state index is 12.3. The number of aryl methyl sites for hydroxylation is 1. The number of nitrogens with one attached hydrogen (secondary N) is 1. The molecule has 0 bridgehead atoms. The van der Waals surface area contributed by atoms with E-state index in [0.29, 0.717) is 4.90 Å². The molecule has 0 heterocycles. The van der Waals surface area contributed by atoms with Crippen molar-refractivity contribution in [1.82, 2.24) is 4.72 Å². The number of rotatable bonds is 7. The first-order valence-corrected chi connectivity index (χ1v) is 8.05. The van der Waals surface area contributed by atoms with Crippen LogP contribution in [0.15, 0.2) is 41.8 Å². The highest BCUT2D eigenvalue weighted by atomic mass is 32.2. The summed E-state index contributed by atoms with van der Waals surface area (Å²) < 4.78 is 27.4. The van der Waals surface area contributed by atoms with E-state index in [2.05, 4.69) is 11.3 Å². The molecular weight excluding hydrogens is 258 g/mol. The van der Waals surface area contributed by atoms with Gasteiger partial charge in [0, 0.05) is 6.04 Å². The van der Waals surface area contributed by atoms with Gasteiger partial charge in [0.1, 0.15) is 0 Å². The SMILES string of the molecule is C=CCCC(NS(=O)(=O)c1ccc(C)cc1)C(C)C. The number of hydrogen-bond acceptors (Lipinski definition) is 2. The summed E-state index contributed by atoms with van der Waals surface area (Å²) in [5.41, 5.74) is 1.05. The molecule has 1 N–H and O–H groups in total. The predicted octanol–water partition coefficient (Wildman–Crippen LogP) is 3.26. The van der Waals surface area contributed by atoms with Crippen LogP contribution in [0, 0.1) is 12.8 Å². The van der Waals surface area contributed by atoms with Gasteiger partial charge in [0.15, 0.2) is 0 Å². The summed E-state index contributed by atoms with van der Waals surface area (Å²) in [4.78, 5) is 0.322. The van der Waals surface area contributed by atoms with Gasteiger partial charge in [-0.25, -0.2) is 13.1 Å². The Balaban J connectivity index is 2.87. The third kappa shape index (κ3) is 4.80. The van der Waals surface area contributed by atoms with Crippen molar-refractivity contribution in [2.45, 2.75) is 44.6 Å². The molecule has 0 aromatic heterocycles. The van der Waals surface area contributed by atoms with Gasteiger partial charge in [-0.05, 0) is 37.8 Å². The van der Waals surface area contributed by atoms with Gasteiger partial charge in [-0.2, -0.15) is 0 Å². The molecule has 0 spiro atoms. The van der Waals surface area contributed by atoms with E-state index in [1.165, 1.54) is 0 Å². The largest absolute Gasteiger partial charge is 0.240 e. The van der Waals surface area contributed by atoms with Crippen LogP contribution in [0.25, 0.3) is 0 Å². The third-order valence-corrected chi connectivity index (χ3v) is 4.63. The molecule has 0 aliphatic rings. The lowest BCUT2D eigenvalue weighted by Crippen LogP contribution is -2.38. The van der Waals surface area contributed by atoms with Crippen molar-refractivity contribution in [3.8, 4) is 0 Å². The van der Waals surface area contributed by atoms with E-state index in [1.54, 1.807) is 12.1 Å². The maximum Gasteiger partial charge on any atom is 0.240 e. The molecule has 0 saturated heterocycles. The van der Waals surface area contributed by atoms with E-state index in [-0.39, 0.29) is 12.0 Å². The van der Waals surface area contributed by atoms with Gasteiger partial charge in [0.25, 0.3) is 0 Å². The molecule has 19 heavy (non-hydrogen) atoms. The molecule has 106 valence electrons. The quantitative estimate of drug-likeness (QED) is 0.780. The first-order valence-electron chi connectivity index (χ1n) is 6.56. The van der Waals surface area contributed by atoms with Gasteiger partial charge in [-0.3, -0.25) is 0 Å². The Labute approximate surface area is 116 Å². The second-order valence-electron chi connectivity index (χ2n) is 5.15. The molecule has 0 amide bonds. The minimum Gasteiger partial charge on any atom is -0.208 e. The Morgan fingerprint density at radius 3 is 2.32 bits per heavy atom. The minimum atomic E-state index is -3.44. The highest BCUT2D eigenvalue weighted by molar-refractivity contribution is 7.89. The fraction of sp³-hybridized carbons (Fsp3) is 0.467. The van der Waals surface area contributed by atoms with Gasteiger partial charge in [0.2, 0.25) is 10.0 Å². The van der Waals surface area contributed by atoms with Gasteiger partial charge in [0.05, 0.1) is 4.90 Å². The molecule has 0 saturated carbocycles. The van der Waals surface area contributed by atoms with Crippen molar-refractivity contribution in [1.29, 1.82) is 0 Å². The van der Waals surface area contributed by atoms with Crippen molar-refractivity contribution in [2.24, 2.45) is 5.92 Å². The summed E-state index contributed by atoms with van der Waals surface area (Å²) in [6.45, 7) is 9.65. The average Bonchev–Trinajstić information content (AvgIpc) is 2.34. The van der Waals surface area contributed by atoms with Crippen LogP contribution >= 0.6 is 0 Å². The van der Waals surface area contributed by atoms with Crippen LogP contribution in [0.1, 0.15) is 32.3 Å². The molecule has 4 heteroatoms. The van der Waals surface area contributed by atoms with E-state index in [0.717, 1.165) is 18.4 Å². The van der Waals surface area contributed by atoms with E-state index in [1.807, 2.05) is 39.0 Å². The summed E-state index contributed by atoms with van der Waals surface area (Å²) >= 11 is 0. The number of hydrogen-bond donors (Lipinski definition) is 1. The lowest BCUT2D eigenvalue weighted by Gasteiger charge is -2.21. The topological polar surface area (TPSA) is 46.2 Å². The van der Waals surface area contributed by atoms with E-state index >= 15 is 0 Å². The van der Waals surface area contributed by atoms with E-state index in [4.69, 9.17) is 0 Å². The smallest absolute Gasteiger partial charge is 0.208 e. The summed E-state index contributed by atoms with van der Waals surface area (Å²) in [6, 6.07) is 6.83. The molecule has 0 aliphatic heterocycles. The summed E-state index contributed by atoms with van der Waals surface area (Å²) in [5.74, 6) is 0.250. The summed E-state index contributed by atoms with van der Waals surface area (Å²) in [7, 11) is -3.44. The van der Waals surface area contributed by atoms with Crippen LogP contribution in [-0.2, 0) is 10.0 Å². The molecule has 1 aromatic carbocycles. The Morgan fingerprint density at radius 1 is 1.26 bits per heavy atom. The van der Waals surface area contributed by atoms with Gasteiger partial charge in [-0.15, -0.1) is 6.58 Å². The highest BCUT2D eigenvalue weighted by Gasteiger charge is 2.21. The zero-order valence-corrected chi connectivity index (χ0v) is 12.7. The minimum absolute atomic E-state index is 0.0655. The molecule has 0 aliphatic carbocycles. The monoisotopic (exact) mass is 281 g/mol. The fourth-order valence-electron chi connectivity index (χ4n) is 1.81. The fourth-order valence-corrected chi connectivity index (χ4v) is 3.23. The van der Waals surface area contributed by atoms with Crippen molar-refractivity contribution < 1.29 is 8.42 Å². The van der Waals surface area contributed by atoms with E-state index in [9.17, 15) is 8.42 Å². The first kappa shape index (κ1) is 15.9. The molecule has 1 aromatic rings. The molecule has 1 atom stereocenters. The number of allylic oxidation sites excluding steroid dienone is 1. The summed E-state index contributed by atoms with van der Waals surface area (Å²) in [6.07, 6.45) is 3.39. The molecule has 0 fully saturated rings. The van der Waals surface area contributed by atoms with Crippen LogP contribution in [0.4, 0.5) is 0 Å². The predicted molar refractivity (Wildman–Crippen MR) is 79.6 cm³/mol. The van der Waals surface area contributed by atoms with Gasteiger partial charge in [-0.1, -0.05) is 37.6 Å². The van der Waals surface area contributed by atoms with E-state index < -0.39 is 10.0 Å². The standard InChI is InChI=1S/C15H23NO2S/c1-5-6-7-15(12(2)3)16-19(17,18)14-10-8-13(4)9-11-14/h5,8-12,15-16H,1,6-7H2,2-4H3. The first-order chi connectivity index (χ1) is 8.86. The van der Waals surface area contributed by atoms with Gasteiger partial charge >= 0.3 is 0 Å².